The number of benzene rings is 1. The fourth-order valence-electron chi connectivity index (χ4n) is 3.23. The van der Waals surface area contributed by atoms with Gasteiger partial charge in [-0.1, -0.05) is 26.8 Å². The highest BCUT2D eigenvalue weighted by Crippen LogP contribution is 2.34. The number of carbonyl (C=O) groups excluding carboxylic acids is 2. The molecule has 2 atom stereocenters. The molecule has 0 spiro atoms. The Bertz CT molecular complexity index is 781. The Balaban J connectivity index is 2.50. The van der Waals surface area contributed by atoms with Crippen LogP contribution in [0.1, 0.15) is 70.3 Å². The smallest absolute Gasteiger partial charge is 0.341 e. The van der Waals surface area contributed by atoms with Crippen molar-refractivity contribution in [1.82, 2.24) is 5.32 Å². The zero-order valence-electron chi connectivity index (χ0n) is 18.5. The van der Waals surface area contributed by atoms with Gasteiger partial charge in [-0.15, -0.1) is 0 Å². The van der Waals surface area contributed by atoms with Crippen molar-refractivity contribution >= 4 is 11.9 Å². The molecule has 1 aliphatic rings. The Kier molecular flexibility index (Phi) is 7.15. The zero-order chi connectivity index (χ0) is 21.8. The quantitative estimate of drug-likeness (QED) is 0.455. The van der Waals surface area contributed by atoms with Crippen LogP contribution in [0.25, 0.3) is 0 Å². The number of hydrogen-bond acceptors (Lipinski definition) is 6. The van der Waals surface area contributed by atoms with Gasteiger partial charge >= 0.3 is 5.97 Å². The van der Waals surface area contributed by atoms with Gasteiger partial charge in [0.2, 0.25) is 6.29 Å². The van der Waals surface area contributed by atoms with Crippen molar-refractivity contribution in [2.75, 3.05) is 13.7 Å². The molecule has 0 aromatic heterocycles. The summed E-state index contributed by atoms with van der Waals surface area (Å²) < 4.78 is 17.4. The first-order valence-corrected chi connectivity index (χ1v) is 10.0. The van der Waals surface area contributed by atoms with Gasteiger partial charge in [-0.05, 0) is 56.7 Å². The Morgan fingerprint density at radius 1 is 1.21 bits per heavy atom. The largest absolute Gasteiger partial charge is 0.465 e. The van der Waals surface area contributed by atoms with Gasteiger partial charge in [-0.3, -0.25) is 0 Å². The van der Waals surface area contributed by atoms with Crippen molar-refractivity contribution in [2.45, 2.75) is 71.7 Å². The number of ether oxygens (including phenoxy) is 3. The predicted octanol–water partition coefficient (Wildman–Crippen LogP) is 4.01. The summed E-state index contributed by atoms with van der Waals surface area (Å²) >= 11 is 0. The van der Waals surface area contributed by atoms with Gasteiger partial charge in [0.15, 0.2) is 0 Å². The molecule has 0 saturated carbocycles. The number of esters is 1. The lowest BCUT2D eigenvalue weighted by Crippen LogP contribution is -2.43. The molecule has 0 aliphatic carbocycles. The molecule has 1 aromatic carbocycles. The fraction of sp³-hybridized carbons (Fsp3) is 0.609. The van der Waals surface area contributed by atoms with E-state index in [4.69, 9.17) is 14.2 Å². The van der Waals surface area contributed by atoms with Gasteiger partial charge < -0.3 is 19.5 Å². The second kappa shape index (κ2) is 9.02. The molecule has 2 rings (SSSR count). The number of piperidine rings is 1. The lowest BCUT2D eigenvalue weighted by atomic mass is 9.86. The third kappa shape index (κ3) is 6.09. The third-order valence-corrected chi connectivity index (χ3v) is 4.78. The van der Waals surface area contributed by atoms with E-state index >= 15 is 0 Å². The second-order valence-electron chi connectivity index (χ2n) is 9.36. The summed E-state index contributed by atoms with van der Waals surface area (Å²) in [5.74, 6) is 1.59. The van der Waals surface area contributed by atoms with Crippen molar-refractivity contribution in [2.24, 2.45) is 5.92 Å². The maximum atomic E-state index is 12.3. The van der Waals surface area contributed by atoms with E-state index in [1.165, 1.54) is 7.11 Å². The van der Waals surface area contributed by atoms with Crippen LogP contribution in [-0.2, 0) is 19.7 Å². The molecule has 6 heteroatoms. The average Bonchev–Trinajstić information content (AvgIpc) is 2.65. The van der Waals surface area contributed by atoms with Crippen LogP contribution in [0.4, 0.5) is 0 Å². The van der Waals surface area contributed by atoms with E-state index < -0.39 is 17.9 Å². The highest BCUT2D eigenvalue weighted by atomic mass is 16.7. The summed E-state index contributed by atoms with van der Waals surface area (Å²) in [5.41, 5.74) is 1.14. The standard InChI is InChI=1S/C23H33NO5/c1-22(2,3)15-10-11-17(20(26)27-7)19(13-15)28-21(29-23(4,5)6)16-9-8-12-24-18(16)14-25/h10-11,13,16,21,24H,8-9,12H2,1-7H3. The number of nitrogens with one attached hydrogen (secondary N) is 1. The number of hydrogen-bond donors (Lipinski definition) is 1. The van der Waals surface area contributed by atoms with Crippen molar-refractivity contribution in [3.8, 4) is 5.75 Å². The minimum Gasteiger partial charge on any atom is -0.465 e. The normalized spacial score (nSPS) is 18.4. The number of methoxy groups -OCH3 is 1. The van der Waals surface area contributed by atoms with Crippen LogP contribution in [-0.4, -0.2) is 37.5 Å². The monoisotopic (exact) mass is 403 g/mol. The first-order chi connectivity index (χ1) is 13.5. The van der Waals surface area contributed by atoms with Crippen molar-refractivity contribution < 1.29 is 23.8 Å². The molecule has 29 heavy (non-hydrogen) atoms. The summed E-state index contributed by atoms with van der Waals surface area (Å²) in [6.07, 6.45) is 0.859. The maximum absolute atomic E-state index is 12.3. The summed E-state index contributed by atoms with van der Waals surface area (Å²) in [6, 6.07) is 5.47. The molecule has 0 bridgehead atoms. The van der Waals surface area contributed by atoms with Gasteiger partial charge in [0, 0.05) is 6.54 Å². The number of carbonyl (C=O) groups is 1. The van der Waals surface area contributed by atoms with Crippen LogP contribution in [0, 0.1) is 5.92 Å². The Hall–Kier alpha value is -2.30. The zero-order valence-corrected chi connectivity index (χ0v) is 18.5. The van der Waals surface area contributed by atoms with Gasteiger partial charge in [-0.2, -0.15) is 0 Å². The van der Waals surface area contributed by atoms with Crippen LogP contribution < -0.4 is 10.1 Å². The van der Waals surface area contributed by atoms with Crippen LogP contribution >= 0.6 is 0 Å². The highest BCUT2D eigenvalue weighted by molar-refractivity contribution is 5.92. The predicted molar refractivity (Wildman–Crippen MR) is 112 cm³/mol. The molecule has 160 valence electrons. The molecular weight excluding hydrogens is 370 g/mol. The number of rotatable bonds is 5. The fourth-order valence-corrected chi connectivity index (χ4v) is 3.23. The van der Waals surface area contributed by atoms with Gasteiger partial charge in [0.25, 0.3) is 0 Å². The average molecular weight is 404 g/mol. The summed E-state index contributed by atoms with van der Waals surface area (Å²) in [4.78, 5) is 23.8. The van der Waals surface area contributed by atoms with E-state index in [1.54, 1.807) is 6.07 Å². The highest BCUT2D eigenvalue weighted by Gasteiger charge is 2.35. The molecule has 1 heterocycles. The SMILES string of the molecule is COC(=O)c1ccc(C(C)(C)C)cc1OC(OC(C)(C)C)C1CCCNC1=C=O. The Morgan fingerprint density at radius 3 is 2.45 bits per heavy atom. The van der Waals surface area contributed by atoms with E-state index in [0.717, 1.165) is 24.9 Å². The van der Waals surface area contributed by atoms with E-state index in [1.807, 2.05) is 38.8 Å². The summed E-state index contributed by atoms with van der Waals surface area (Å²) in [5, 5.41) is 3.10. The van der Waals surface area contributed by atoms with Gasteiger partial charge in [0.05, 0.1) is 18.6 Å². The third-order valence-electron chi connectivity index (χ3n) is 4.78. The van der Waals surface area contributed by atoms with E-state index in [0.29, 0.717) is 17.0 Å². The molecule has 1 fully saturated rings. The van der Waals surface area contributed by atoms with E-state index in [2.05, 4.69) is 26.1 Å². The molecule has 1 N–H and O–H groups in total. The van der Waals surface area contributed by atoms with E-state index in [-0.39, 0.29) is 11.3 Å². The first-order valence-electron chi connectivity index (χ1n) is 10.0. The lowest BCUT2D eigenvalue weighted by molar-refractivity contribution is -0.173. The Labute approximate surface area is 173 Å². The second-order valence-corrected chi connectivity index (χ2v) is 9.36. The first kappa shape index (κ1) is 23.0. The molecule has 6 nitrogen and oxygen atoms in total. The van der Waals surface area contributed by atoms with Crippen molar-refractivity contribution in [1.29, 1.82) is 0 Å². The molecule has 0 radical (unpaired) electrons. The summed E-state index contributed by atoms with van der Waals surface area (Å²) in [7, 11) is 1.34. The molecule has 1 saturated heterocycles. The lowest BCUT2D eigenvalue weighted by Gasteiger charge is -2.36. The minimum absolute atomic E-state index is 0.132. The van der Waals surface area contributed by atoms with Gasteiger partial charge in [0.1, 0.15) is 23.0 Å². The molecule has 2 unspecified atom stereocenters. The van der Waals surface area contributed by atoms with Crippen LogP contribution in [0.3, 0.4) is 0 Å². The molecule has 1 aromatic rings. The van der Waals surface area contributed by atoms with Crippen LogP contribution in [0.15, 0.2) is 23.9 Å². The minimum atomic E-state index is -0.752. The maximum Gasteiger partial charge on any atom is 0.341 e. The van der Waals surface area contributed by atoms with Crippen LogP contribution in [0.5, 0.6) is 5.75 Å². The van der Waals surface area contributed by atoms with Crippen LogP contribution in [0.2, 0.25) is 0 Å². The molecular formula is C23H33NO5. The van der Waals surface area contributed by atoms with Crippen molar-refractivity contribution in [3.05, 3.63) is 35.0 Å². The summed E-state index contributed by atoms with van der Waals surface area (Å²) in [6.45, 7) is 12.8. The van der Waals surface area contributed by atoms with Gasteiger partial charge in [-0.25, -0.2) is 9.59 Å². The molecule has 1 aliphatic heterocycles. The van der Waals surface area contributed by atoms with E-state index in [9.17, 15) is 9.59 Å². The Morgan fingerprint density at radius 2 is 1.90 bits per heavy atom. The van der Waals surface area contributed by atoms with Crippen molar-refractivity contribution in [3.63, 3.8) is 0 Å². The topological polar surface area (TPSA) is 73.9 Å². The molecule has 0 amide bonds.